The molecule has 0 radical (unpaired) electrons. The van der Waals surface area contributed by atoms with Gasteiger partial charge in [-0.05, 0) is 98.4 Å². The smallest absolute Gasteiger partial charge is 0.448 e. The van der Waals surface area contributed by atoms with Crippen LogP contribution in [0.15, 0.2) is 48.5 Å². The molecule has 3 aromatic carbocycles. The number of nitrogens with zero attached hydrogens (tertiary/aromatic N) is 2. The van der Waals surface area contributed by atoms with Gasteiger partial charge in [0.25, 0.3) is 0 Å². The first-order chi connectivity index (χ1) is 21.6. The number of hydrogen-bond acceptors (Lipinski definition) is 7. The number of halogens is 1. The van der Waals surface area contributed by atoms with Crippen molar-refractivity contribution < 1.29 is 27.3 Å². The van der Waals surface area contributed by atoms with Crippen molar-refractivity contribution in [1.29, 1.82) is 0 Å². The zero-order valence-electron chi connectivity index (χ0n) is 27.6. The number of fused-ring (bicyclic) bond motifs is 3. The van der Waals surface area contributed by atoms with Crippen LogP contribution in [0.1, 0.15) is 67.0 Å². The second-order valence-corrected chi connectivity index (χ2v) is 16.4. The zero-order chi connectivity index (χ0) is 33.2. The minimum atomic E-state index is -3.84. The molecule has 1 aliphatic carbocycles. The van der Waals surface area contributed by atoms with Crippen molar-refractivity contribution in [1.82, 2.24) is 4.90 Å². The molecule has 2 aliphatic heterocycles. The van der Waals surface area contributed by atoms with E-state index in [4.69, 9.17) is 24.7 Å². The third-order valence-corrected chi connectivity index (χ3v) is 11.4. The number of anilines is 1. The van der Waals surface area contributed by atoms with Crippen LogP contribution in [0.2, 0.25) is 0 Å². The van der Waals surface area contributed by atoms with Crippen molar-refractivity contribution in [3.63, 3.8) is 0 Å². The fourth-order valence-electron chi connectivity index (χ4n) is 7.25. The summed E-state index contributed by atoms with van der Waals surface area (Å²) < 4.78 is 43.6. The first kappa shape index (κ1) is 32.9. The fraction of sp³-hybridized carbons (Fsp3) is 0.457. The number of hydrogen-bond donors (Lipinski definition) is 0. The highest BCUT2D eigenvalue weighted by atomic mass is 35.7. The van der Waals surface area contributed by atoms with Crippen LogP contribution < -0.4 is 10.4 Å². The molecule has 8 nitrogen and oxygen atoms in total. The third kappa shape index (κ3) is 5.82. The van der Waals surface area contributed by atoms with Gasteiger partial charge >= 0.3 is 13.2 Å². The van der Waals surface area contributed by atoms with Gasteiger partial charge in [0.05, 0.1) is 17.0 Å². The van der Waals surface area contributed by atoms with E-state index in [9.17, 15) is 13.2 Å². The van der Waals surface area contributed by atoms with Crippen LogP contribution in [0.3, 0.4) is 0 Å². The number of piperazine rings is 1. The molecule has 244 valence electrons. The predicted molar refractivity (Wildman–Crippen MR) is 184 cm³/mol. The first-order valence-corrected chi connectivity index (χ1v) is 18.3. The van der Waals surface area contributed by atoms with Gasteiger partial charge in [-0.15, -0.1) is 0 Å². The summed E-state index contributed by atoms with van der Waals surface area (Å²) >= 11 is 0. The van der Waals surface area contributed by atoms with E-state index in [2.05, 4.69) is 29.2 Å². The van der Waals surface area contributed by atoms with E-state index >= 15 is 0 Å². The molecule has 2 fully saturated rings. The Morgan fingerprint density at radius 2 is 1.39 bits per heavy atom. The van der Waals surface area contributed by atoms with Gasteiger partial charge in [0.1, 0.15) is 6.61 Å². The maximum Gasteiger partial charge on any atom is 0.495 e. The molecule has 46 heavy (non-hydrogen) atoms. The van der Waals surface area contributed by atoms with E-state index in [1.165, 1.54) is 22.3 Å². The van der Waals surface area contributed by atoms with Gasteiger partial charge in [-0.2, -0.15) is 0 Å². The first-order valence-electron chi connectivity index (χ1n) is 15.8. The molecule has 1 amide bonds. The number of benzene rings is 3. The van der Waals surface area contributed by atoms with Crippen LogP contribution >= 0.6 is 10.7 Å². The molecule has 0 atom stereocenters. The molecule has 0 spiro atoms. The summed E-state index contributed by atoms with van der Waals surface area (Å²) in [6.07, 6.45) is -0.328. The molecule has 0 bridgehead atoms. The highest BCUT2D eigenvalue weighted by molar-refractivity contribution is 8.13. The summed E-state index contributed by atoms with van der Waals surface area (Å²) in [7, 11) is 1.32. The Bertz CT molecular complexity index is 1740. The number of rotatable bonds is 6. The molecular formula is C35H42BClN2O6S. The lowest BCUT2D eigenvalue weighted by molar-refractivity contribution is 0.00578. The average molecular weight is 665 g/mol. The van der Waals surface area contributed by atoms with E-state index in [0.29, 0.717) is 31.7 Å². The molecule has 11 heteroatoms. The Labute approximate surface area is 277 Å². The van der Waals surface area contributed by atoms with Crippen molar-refractivity contribution in [2.45, 2.75) is 71.3 Å². The minimum Gasteiger partial charge on any atom is -0.448 e. The maximum atomic E-state index is 13.3. The van der Waals surface area contributed by atoms with Crippen molar-refractivity contribution in [3.8, 4) is 11.1 Å². The standard InChI is InChI=1S/C35H42BClN2O6S/c1-22-30(21-46(37,41)42)23(2)32(24(3)31(22)36-44-34(4,5)35(6,7)45-36)38-16-18-39(19-17-38)33(40)43-20-29-27-14-10-8-12-25(27)26-13-9-11-15-28(26)29/h8-15,29H,16-21H2,1-7H3. The Hall–Kier alpha value is -3.05. The summed E-state index contributed by atoms with van der Waals surface area (Å²) in [5, 5.41) is 0. The van der Waals surface area contributed by atoms with Crippen LogP contribution in [0.5, 0.6) is 0 Å². The molecule has 6 rings (SSSR count). The van der Waals surface area contributed by atoms with Crippen LogP contribution in [-0.4, -0.2) is 70.5 Å². The second-order valence-electron chi connectivity index (χ2n) is 13.7. The summed E-state index contributed by atoms with van der Waals surface area (Å²) in [6, 6.07) is 16.6. The van der Waals surface area contributed by atoms with E-state index in [1.54, 1.807) is 4.90 Å². The molecule has 2 heterocycles. The minimum absolute atomic E-state index is 0.000491. The van der Waals surface area contributed by atoms with Crippen molar-refractivity contribution in [3.05, 3.63) is 81.9 Å². The lowest BCUT2D eigenvalue weighted by Crippen LogP contribution is -2.50. The van der Waals surface area contributed by atoms with E-state index in [-0.39, 0.29) is 24.4 Å². The lowest BCUT2D eigenvalue weighted by Gasteiger charge is -2.38. The predicted octanol–water partition coefficient (Wildman–Crippen LogP) is 6.05. The van der Waals surface area contributed by atoms with Crippen LogP contribution in [0, 0.1) is 20.8 Å². The topological polar surface area (TPSA) is 85.4 Å². The summed E-state index contributed by atoms with van der Waals surface area (Å²) in [5.41, 5.74) is 8.66. The second kappa shape index (κ2) is 11.9. The molecule has 0 N–H and O–H groups in total. The quantitative estimate of drug-likeness (QED) is 0.234. The van der Waals surface area contributed by atoms with Gasteiger partial charge in [0.15, 0.2) is 0 Å². The molecule has 3 aliphatic rings. The largest absolute Gasteiger partial charge is 0.495 e. The van der Waals surface area contributed by atoms with Crippen molar-refractivity contribution >= 4 is 44.1 Å². The van der Waals surface area contributed by atoms with Crippen molar-refractivity contribution in [2.24, 2.45) is 0 Å². The molecule has 0 saturated carbocycles. The van der Waals surface area contributed by atoms with Gasteiger partial charge in [-0.3, -0.25) is 0 Å². The molecule has 0 aromatic heterocycles. The van der Waals surface area contributed by atoms with E-state index < -0.39 is 27.4 Å². The van der Waals surface area contributed by atoms with Gasteiger partial charge < -0.3 is 23.8 Å². The van der Waals surface area contributed by atoms with Gasteiger partial charge in [-0.25, -0.2) is 13.2 Å². The molecule has 0 unspecified atom stereocenters. The van der Waals surface area contributed by atoms with Crippen molar-refractivity contribution in [2.75, 3.05) is 37.7 Å². The van der Waals surface area contributed by atoms with Crippen LogP contribution in [0.4, 0.5) is 10.5 Å². The van der Waals surface area contributed by atoms with Gasteiger partial charge in [0.2, 0.25) is 9.05 Å². The Kier molecular flexibility index (Phi) is 8.49. The molecular weight excluding hydrogens is 623 g/mol. The monoisotopic (exact) mass is 664 g/mol. The third-order valence-electron chi connectivity index (χ3n) is 10.4. The zero-order valence-corrected chi connectivity index (χ0v) is 29.2. The fourth-order valence-corrected chi connectivity index (χ4v) is 8.36. The maximum absolute atomic E-state index is 13.3. The summed E-state index contributed by atoms with van der Waals surface area (Å²) in [4.78, 5) is 17.3. The highest BCUT2D eigenvalue weighted by Crippen LogP contribution is 2.45. The average Bonchev–Trinajstić information content (AvgIpc) is 3.42. The van der Waals surface area contributed by atoms with Gasteiger partial charge in [0, 0.05) is 48.5 Å². The number of amides is 1. The number of carbonyl (C=O) groups excluding carboxylic acids is 1. The van der Waals surface area contributed by atoms with Gasteiger partial charge in [-0.1, -0.05) is 48.5 Å². The van der Waals surface area contributed by atoms with Crippen LogP contribution in [-0.2, 0) is 28.8 Å². The van der Waals surface area contributed by atoms with Crippen LogP contribution in [0.25, 0.3) is 11.1 Å². The number of ether oxygens (including phenoxy) is 1. The number of carbonyl (C=O) groups is 1. The molecule has 3 aromatic rings. The summed E-state index contributed by atoms with van der Waals surface area (Å²) in [5.74, 6) is -0.299. The Morgan fingerprint density at radius 3 is 1.91 bits per heavy atom. The Balaban J connectivity index is 1.21. The SMILES string of the molecule is Cc1c(CS(=O)(=O)Cl)c(C)c(N2CCN(C(=O)OCC3c4ccccc4-c4ccccc43)CC2)c(C)c1B1OC(C)(C)C(C)(C)O1. The van der Waals surface area contributed by atoms with E-state index in [0.717, 1.165) is 27.8 Å². The normalized spacial score (nSPS) is 18.9. The molecule has 2 saturated heterocycles. The highest BCUT2D eigenvalue weighted by Gasteiger charge is 2.53. The lowest BCUT2D eigenvalue weighted by atomic mass is 9.70. The Morgan fingerprint density at radius 1 is 0.870 bits per heavy atom. The summed E-state index contributed by atoms with van der Waals surface area (Å²) in [6.45, 7) is 16.2. The van der Waals surface area contributed by atoms with E-state index in [1.807, 2.05) is 72.7 Å².